The molecule has 1 aliphatic heterocycles. The zero-order chi connectivity index (χ0) is 19.2. The average Bonchev–Trinajstić information content (AvgIpc) is 3.49. The third-order valence-electron chi connectivity index (χ3n) is 5.01. The second-order valence-corrected chi connectivity index (χ2v) is 8.67. The van der Waals surface area contributed by atoms with E-state index in [0.717, 1.165) is 56.9 Å². The lowest BCUT2D eigenvalue weighted by Gasteiger charge is -2.34. The van der Waals surface area contributed by atoms with E-state index in [0.29, 0.717) is 18.1 Å². The van der Waals surface area contributed by atoms with Gasteiger partial charge in [0.2, 0.25) is 17.6 Å². The lowest BCUT2D eigenvalue weighted by molar-refractivity contribution is -0.132. The van der Waals surface area contributed by atoms with Crippen LogP contribution in [0.4, 0.5) is 0 Å². The van der Waals surface area contributed by atoms with Crippen LogP contribution in [0.25, 0.3) is 10.7 Å². The van der Waals surface area contributed by atoms with Gasteiger partial charge in [-0.05, 0) is 53.2 Å². The fraction of sp³-hybridized carbons (Fsp3) is 0.450. The number of aryl methyl sites for hydroxylation is 2. The van der Waals surface area contributed by atoms with Crippen LogP contribution in [0.3, 0.4) is 0 Å². The van der Waals surface area contributed by atoms with E-state index in [1.54, 1.807) is 22.7 Å². The van der Waals surface area contributed by atoms with Crippen LogP contribution in [0, 0.1) is 0 Å². The molecule has 0 saturated carbocycles. The molecule has 6 nitrogen and oxygen atoms in total. The molecule has 0 atom stereocenters. The number of carbonyl (C=O) groups excluding carboxylic acids is 1. The van der Waals surface area contributed by atoms with Crippen LogP contribution in [0.1, 0.15) is 24.3 Å². The quantitative estimate of drug-likeness (QED) is 0.562. The molecule has 4 heterocycles. The summed E-state index contributed by atoms with van der Waals surface area (Å²) in [6.45, 7) is 4.52. The summed E-state index contributed by atoms with van der Waals surface area (Å²) in [6, 6.07) is 6.09. The minimum atomic E-state index is 0.276. The first-order valence-electron chi connectivity index (χ1n) is 9.65. The Morgan fingerprint density at radius 3 is 2.79 bits per heavy atom. The second-order valence-electron chi connectivity index (χ2n) is 6.95. The lowest BCUT2D eigenvalue weighted by Crippen LogP contribution is -2.48. The summed E-state index contributed by atoms with van der Waals surface area (Å²) < 4.78 is 5.36. The van der Waals surface area contributed by atoms with Crippen LogP contribution in [0.15, 0.2) is 38.9 Å². The summed E-state index contributed by atoms with van der Waals surface area (Å²) in [7, 11) is 0. The van der Waals surface area contributed by atoms with E-state index < -0.39 is 0 Å². The van der Waals surface area contributed by atoms with Crippen LogP contribution in [-0.2, 0) is 17.6 Å². The second kappa shape index (κ2) is 9.45. The summed E-state index contributed by atoms with van der Waals surface area (Å²) in [5, 5.41) is 10.3. The lowest BCUT2D eigenvalue weighted by atomic mass is 10.1. The molecule has 1 saturated heterocycles. The van der Waals surface area contributed by atoms with Crippen molar-refractivity contribution in [1.29, 1.82) is 0 Å². The van der Waals surface area contributed by atoms with Crippen molar-refractivity contribution in [1.82, 2.24) is 19.9 Å². The van der Waals surface area contributed by atoms with Crippen LogP contribution in [-0.4, -0.2) is 58.6 Å². The fourth-order valence-electron chi connectivity index (χ4n) is 3.38. The minimum Gasteiger partial charge on any atom is -0.340 e. The van der Waals surface area contributed by atoms with E-state index in [1.807, 2.05) is 22.4 Å². The smallest absolute Gasteiger partial charge is 0.227 e. The zero-order valence-corrected chi connectivity index (χ0v) is 17.4. The van der Waals surface area contributed by atoms with Crippen LogP contribution < -0.4 is 0 Å². The maximum Gasteiger partial charge on any atom is 0.227 e. The van der Waals surface area contributed by atoms with Gasteiger partial charge in [0.1, 0.15) is 0 Å². The summed E-state index contributed by atoms with van der Waals surface area (Å²) in [5.41, 5.74) is 1.26. The number of aromatic nitrogens is 2. The van der Waals surface area contributed by atoms with Crippen molar-refractivity contribution in [3.63, 3.8) is 0 Å². The third-order valence-corrected chi connectivity index (χ3v) is 6.61. The average molecular weight is 417 g/mol. The van der Waals surface area contributed by atoms with Crippen LogP contribution >= 0.6 is 22.7 Å². The van der Waals surface area contributed by atoms with Crippen LogP contribution in [0.5, 0.6) is 0 Å². The van der Waals surface area contributed by atoms with Gasteiger partial charge in [-0.3, -0.25) is 9.69 Å². The first-order valence-corrected chi connectivity index (χ1v) is 11.5. The molecule has 0 spiro atoms. The Labute approximate surface area is 172 Å². The molecule has 0 bridgehead atoms. The molecule has 1 aliphatic rings. The number of hydrogen-bond donors (Lipinski definition) is 0. The molecule has 28 heavy (non-hydrogen) atoms. The standard InChI is InChI=1S/C20H24N4O2S2/c25-19(6-5-16-7-14-27-15-16)24-11-9-23(10-12-24)8-1-4-18-21-20(22-26-18)17-3-2-13-28-17/h2-3,7,13-15H,1,4-6,8-12H2. The largest absolute Gasteiger partial charge is 0.340 e. The maximum absolute atomic E-state index is 12.4. The summed E-state index contributed by atoms with van der Waals surface area (Å²) in [4.78, 5) is 22.3. The van der Waals surface area contributed by atoms with Crippen LogP contribution in [0.2, 0.25) is 0 Å². The number of rotatable bonds is 8. The monoisotopic (exact) mass is 416 g/mol. The van der Waals surface area contributed by atoms with Gasteiger partial charge in [-0.2, -0.15) is 16.3 Å². The van der Waals surface area contributed by atoms with Crippen molar-refractivity contribution in [2.24, 2.45) is 0 Å². The van der Waals surface area contributed by atoms with Gasteiger partial charge in [0.15, 0.2) is 0 Å². The molecule has 148 valence electrons. The Morgan fingerprint density at radius 1 is 1.14 bits per heavy atom. The molecule has 3 aromatic heterocycles. The molecular formula is C20H24N4O2S2. The molecule has 8 heteroatoms. The minimum absolute atomic E-state index is 0.276. The van der Waals surface area contributed by atoms with Gasteiger partial charge < -0.3 is 9.42 Å². The Hall–Kier alpha value is -2.03. The molecule has 0 aromatic carbocycles. The third kappa shape index (κ3) is 5.06. The highest BCUT2D eigenvalue weighted by molar-refractivity contribution is 7.13. The number of piperazine rings is 1. The molecule has 4 rings (SSSR count). The summed E-state index contributed by atoms with van der Waals surface area (Å²) >= 11 is 3.30. The van der Waals surface area contributed by atoms with E-state index in [-0.39, 0.29) is 5.91 Å². The maximum atomic E-state index is 12.4. The van der Waals surface area contributed by atoms with Gasteiger partial charge in [0.05, 0.1) is 4.88 Å². The van der Waals surface area contributed by atoms with Gasteiger partial charge in [-0.25, -0.2) is 0 Å². The Balaban J connectivity index is 1.14. The number of nitrogens with zero attached hydrogens (tertiary/aromatic N) is 4. The molecule has 0 radical (unpaired) electrons. The van der Waals surface area contributed by atoms with Crippen molar-refractivity contribution < 1.29 is 9.32 Å². The van der Waals surface area contributed by atoms with Crippen molar-refractivity contribution in [2.45, 2.75) is 25.7 Å². The topological polar surface area (TPSA) is 62.5 Å². The van der Waals surface area contributed by atoms with E-state index >= 15 is 0 Å². The Bertz CT molecular complexity index is 853. The van der Waals surface area contributed by atoms with Crippen molar-refractivity contribution in [3.05, 3.63) is 45.8 Å². The van der Waals surface area contributed by atoms with Crippen molar-refractivity contribution in [2.75, 3.05) is 32.7 Å². The summed E-state index contributed by atoms with van der Waals surface area (Å²) in [5.74, 6) is 1.66. The summed E-state index contributed by atoms with van der Waals surface area (Å²) in [6.07, 6.45) is 3.23. The molecule has 1 amide bonds. The molecule has 0 unspecified atom stereocenters. The normalized spacial score (nSPS) is 15.2. The van der Waals surface area contributed by atoms with Crippen molar-refractivity contribution >= 4 is 28.6 Å². The van der Waals surface area contributed by atoms with E-state index in [9.17, 15) is 4.79 Å². The SMILES string of the molecule is O=C(CCc1ccsc1)N1CCN(CCCc2nc(-c3cccs3)no2)CC1. The molecule has 0 N–H and O–H groups in total. The van der Waals surface area contributed by atoms with Gasteiger partial charge in [0, 0.05) is 39.0 Å². The fourth-order valence-corrected chi connectivity index (χ4v) is 4.73. The zero-order valence-electron chi connectivity index (χ0n) is 15.7. The first kappa shape index (κ1) is 19.3. The molecular weight excluding hydrogens is 392 g/mol. The molecule has 3 aromatic rings. The van der Waals surface area contributed by atoms with Gasteiger partial charge in [-0.15, -0.1) is 11.3 Å². The van der Waals surface area contributed by atoms with Gasteiger partial charge in [0.25, 0.3) is 0 Å². The first-order chi connectivity index (χ1) is 13.8. The predicted octanol–water partition coefficient (Wildman–Crippen LogP) is 3.57. The molecule has 0 aliphatic carbocycles. The number of amides is 1. The number of thiophene rings is 2. The molecule has 1 fully saturated rings. The highest BCUT2D eigenvalue weighted by Gasteiger charge is 2.20. The number of hydrogen-bond acceptors (Lipinski definition) is 7. The Morgan fingerprint density at radius 2 is 2.04 bits per heavy atom. The van der Waals surface area contributed by atoms with E-state index in [2.05, 4.69) is 31.9 Å². The Kier molecular flexibility index (Phi) is 6.51. The van der Waals surface area contributed by atoms with E-state index in [4.69, 9.17) is 4.52 Å². The highest BCUT2D eigenvalue weighted by Crippen LogP contribution is 2.21. The van der Waals surface area contributed by atoms with E-state index in [1.165, 1.54) is 5.56 Å². The highest BCUT2D eigenvalue weighted by atomic mass is 32.1. The predicted molar refractivity (Wildman–Crippen MR) is 112 cm³/mol. The number of carbonyl (C=O) groups is 1. The van der Waals surface area contributed by atoms with Gasteiger partial charge in [-0.1, -0.05) is 11.2 Å². The van der Waals surface area contributed by atoms with Crippen molar-refractivity contribution in [3.8, 4) is 10.7 Å². The van der Waals surface area contributed by atoms with Gasteiger partial charge >= 0.3 is 0 Å².